The van der Waals surface area contributed by atoms with Crippen LogP contribution in [0.5, 0.6) is 5.75 Å². The highest BCUT2D eigenvalue weighted by molar-refractivity contribution is 6.35. The van der Waals surface area contributed by atoms with Crippen molar-refractivity contribution in [1.82, 2.24) is 10.7 Å². The lowest BCUT2D eigenvalue weighted by Crippen LogP contribution is -2.38. The zero-order valence-corrected chi connectivity index (χ0v) is 13.5. The number of hydrogen-bond donors (Lipinski definition) is 2. The summed E-state index contributed by atoms with van der Waals surface area (Å²) in [7, 11) is 1.57. The van der Waals surface area contributed by atoms with E-state index in [1.807, 2.05) is 31.2 Å². The molecule has 0 saturated heterocycles. The summed E-state index contributed by atoms with van der Waals surface area (Å²) in [5, 5.41) is 6.26. The lowest BCUT2D eigenvalue weighted by molar-refractivity contribution is -0.139. The van der Waals surface area contributed by atoms with E-state index in [1.54, 1.807) is 7.11 Å². The Morgan fingerprint density at radius 3 is 2.74 bits per heavy atom. The summed E-state index contributed by atoms with van der Waals surface area (Å²) in [5.41, 5.74) is 2.91. The molecule has 1 rings (SSSR count). The van der Waals surface area contributed by atoms with Crippen molar-refractivity contribution >= 4 is 18.0 Å². The molecule has 7 heteroatoms. The Balaban J connectivity index is 2.46. The Kier molecular flexibility index (Phi) is 9.07. The second kappa shape index (κ2) is 11.2. The number of hydrazone groups is 1. The monoisotopic (exact) mass is 321 g/mol. The predicted molar refractivity (Wildman–Crippen MR) is 87.5 cm³/mol. The van der Waals surface area contributed by atoms with Crippen molar-refractivity contribution in [1.29, 1.82) is 0 Å². The van der Waals surface area contributed by atoms with E-state index in [4.69, 9.17) is 9.47 Å². The van der Waals surface area contributed by atoms with Gasteiger partial charge in [0.1, 0.15) is 5.75 Å². The number of methoxy groups -OCH3 is 1. The fraction of sp³-hybridized carbons (Fsp3) is 0.438. The molecule has 1 aromatic carbocycles. The molecule has 126 valence electrons. The maximum Gasteiger partial charge on any atom is 0.329 e. The van der Waals surface area contributed by atoms with Gasteiger partial charge >= 0.3 is 11.8 Å². The van der Waals surface area contributed by atoms with Crippen LogP contribution in [0.25, 0.3) is 0 Å². The zero-order chi connectivity index (χ0) is 16.9. The first-order valence-electron chi connectivity index (χ1n) is 7.51. The first-order valence-corrected chi connectivity index (χ1v) is 7.51. The number of rotatable bonds is 9. The average molecular weight is 321 g/mol. The molecule has 0 aromatic heterocycles. The number of nitrogens with one attached hydrogen (secondary N) is 2. The third-order valence-electron chi connectivity index (χ3n) is 2.77. The molecule has 2 N–H and O–H groups in total. The Labute approximate surface area is 136 Å². The Morgan fingerprint density at radius 2 is 2.00 bits per heavy atom. The van der Waals surface area contributed by atoms with Crippen molar-refractivity contribution in [3.63, 3.8) is 0 Å². The molecule has 0 atom stereocenters. The van der Waals surface area contributed by atoms with Gasteiger partial charge in [0.25, 0.3) is 0 Å². The van der Waals surface area contributed by atoms with Crippen LogP contribution >= 0.6 is 0 Å². The van der Waals surface area contributed by atoms with Gasteiger partial charge in [-0.15, -0.1) is 0 Å². The molecular formula is C16H23N3O4. The Bertz CT molecular complexity index is 532. The van der Waals surface area contributed by atoms with Gasteiger partial charge in [-0.1, -0.05) is 19.1 Å². The van der Waals surface area contributed by atoms with Crippen LogP contribution in [-0.2, 0) is 14.3 Å². The van der Waals surface area contributed by atoms with E-state index in [0.29, 0.717) is 31.9 Å². The minimum atomic E-state index is -0.814. The highest BCUT2D eigenvalue weighted by Crippen LogP contribution is 2.15. The molecule has 0 spiro atoms. The van der Waals surface area contributed by atoms with Crippen LogP contribution in [0.1, 0.15) is 25.3 Å². The molecule has 23 heavy (non-hydrogen) atoms. The van der Waals surface area contributed by atoms with E-state index >= 15 is 0 Å². The number of ether oxygens (including phenoxy) is 2. The smallest absolute Gasteiger partial charge is 0.329 e. The number of benzene rings is 1. The lowest BCUT2D eigenvalue weighted by atomic mass is 10.2. The first kappa shape index (κ1) is 18.6. The number of carbonyl (C=O) groups is 2. The second-order valence-corrected chi connectivity index (χ2v) is 4.69. The number of hydrogen-bond acceptors (Lipinski definition) is 5. The number of amides is 2. The highest BCUT2D eigenvalue weighted by atomic mass is 16.5. The molecule has 0 saturated carbocycles. The largest absolute Gasteiger partial charge is 0.493 e. The molecule has 0 radical (unpaired) electrons. The molecule has 0 aliphatic carbocycles. The quantitative estimate of drug-likeness (QED) is 0.308. The average Bonchev–Trinajstić information content (AvgIpc) is 2.57. The van der Waals surface area contributed by atoms with Crippen molar-refractivity contribution in [2.45, 2.75) is 19.8 Å². The van der Waals surface area contributed by atoms with Gasteiger partial charge in [-0.3, -0.25) is 9.59 Å². The summed E-state index contributed by atoms with van der Waals surface area (Å²) < 4.78 is 10.4. The molecule has 0 unspecified atom stereocenters. The van der Waals surface area contributed by atoms with Gasteiger partial charge in [0, 0.05) is 25.8 Å². The van der Waals surface area contributed by atoms with Crippen LogP contribution in [-0.4, -0.2) is 44.9 Å². The van der Waals surface area contributed by atoms with E-state index < -0.39 is 11.8 Å². The SMILES string of the molecule is CCCOc1ccccc1/C=N\NC(=O)C(=O)NCCCOC. The van der Waals surface area contributed by atoms with Gasteiger partial charge in [-0.2, -0.15) is 5.10 Å². The third-order valence-corrected chi connectivity index (χ3v) is 2.77. The predicted octanol–water partition coefficient (Wildman–Crippen LogP) is 1.08. The van der Waals surface area contributed by atoms with E-state index in [9.17, 15) is 9.59 Å². The second-order valence-electron chi connectivity index (χ2n) is 4.69. The van der Waals surface area contributed by atoms with Crippen LogP contribution in [0.3, 0.4) is 0 Å². The van der Waals surface area contributed by atoms with Crippen molar-refractivity contribution in [3.05, 3.63) is 29.8 Å². The molecule has 1 aromatic rings. The maximum absolute atomic E-state index is 11.6. The van der Waals surface area contributed by atoms with Crippen LogP contribution in [0.2, 0.25) is 0 Å². The van der Waals surface area contributed by atoms with Crippen molar-refractivity contribution < 1.29 is 19.1 Å². The summed E-state index contributed by atoms with van der Waals surface area (Å²) in [6, 6.07) is 7.33. The Hall–Kier alpha value is -2.41. The minimum absolute atomic E-state index is 0.373. The topological polar surface area (TPSA) is 89.0 Å². The standard InChI is InChI=1S/C16H23N3O4/c1-3-10-23-14-8-5-4-7-13(14)12-18-19-16(21)15(20)17-9-6-11-22-2/h4-5,7-8,12H,3,6,9-11H2,1-2H3,(H,17,20)(H,19,21)/b18-12-. The van der Waals surface area contributed by atoms with Crippen LogP contribution < -0.4 is 15.5 Å². The minimum Gasteiger partial charge on any atom is -0.493 e. The zero-order valence-electron chi connectivity index (χ0n) is 13.5. The van der Waals surface area contributed by atoms with Crippen molar-refractivity contribution in [3.8, 4) is 5.75 Å². The van der Waals surface area contributed by atoms with E-state index in [-0.39, 0.29) is 0 Å². The summed E-state index contributed by atoms with van der Waals surface area (Å²) in [6.07, 6.45) is 2.98. The third kappa shape index (κ3) is 7.42. The van der Waals surface area contributed by atoms with Gasteiger partial charge in [0.15, 0.2) is 0 Å². The molecule has 0 aliphatic heterocycles. The molecule has 0 aliphatic rings. The van der Waals surface area contributed by atoms with E-state index in [0.717, 1.165) is 12.0 Å². The lowest BCUT2D eigenvalue weighted by Gasteiger charge is -2.07. The van der Waals surface area contributed by atoms with Gasteiger partial charge in [-0.25, -0.2) is 5.43 Å². The molecular weight excluding hydrogens is 298 g/mol. The fourth-order valence-electron chi connectivity index (χ4n) is 1.64. The summed E-state index contributed by atoms with van der Waals surface area (Å²) in [6.45, 7) is 3.51. The highest BCUT2D eigenvalue weighted by Gasteiger charge is 2.11. The number of carbonyl (C=O) groups excluding carboxylic acids is 2. The van der Waals surface area contributed by atoms with Crippen molar-refractivity contribution in [2.24, 2.45) is 5.10 Å². The van der Waals surface area contributed by atoms with Crippen LogP contribution in [0.4, 0.5) is 0 Å². The van der Waals surface area contributed by atoms with Crippen molar-refractivity contribution in [2.75, 3.05) is 26.9 Å². The van der Waals surface area contributed by atoms with E-state index in [1.165, 1.54) is 6.21 Å². The number of nitrogens with zero attached hydrogens (tertiary/aromatic N) is 1. The van der Waals surface area contributed by atoms with Gasteiger partial charge in [0.2, 0.25) is 0 Å². The first-order chi connectivity index (χ1) is 11.2. The van der Waals surface area contributed by atoms with Gasteiger partial charge < -0.3 is 14.8 Å². The summed E-state index contributed by atoms with van der Waals surface area (Å²) >= 11 is 0. The summed E-state index contributed by atoms with van der Waals surface area (Å²) in [5.74, 6) is -0.865. The number of para-hydroxylation sites is 1. The molecule has 2 amide bonds. The maximum atomic E-state index is 11.6. The molecule has 0 fully saturated rings. The molecule has 7 nitrogen and oxygen atoms in total. The molecule has 0 heterocycles. The fourth-order valence-corrected chi connectivity index (χ4v) is 1.64. The van der Waals surface area contributed by atoms with Crippen LogP contribution in [0, 0.1) is 0 Å². The molecule has 0 bridgehead atoms. The normalized spacial score (nSPS) is 10.5. The van der Waals surface area contributed by atoms with E-state index in [2.05, 4.69) is 15.8 Å². The van der Waals surface area contributed by atoms with Gasteiger partial charge in [-0.05, 0) is 25.0 Å². The Morgan fingerprint density at radius 1 is 1.22 bits per heavy atom. The van der Waals surface area contributed by atoms with Crippen LogP contribution in [0.15, 0.2) is 29.4 Å². The summed E-state index contributed by atoms with van der Waals surface area (Å²) in [4.78, 5) is 23.0. The van der Waals surface area contributed by atoms with Gasteiger partial charge in [0.05, 0.1) is 12.8 Å².